The van der Waals surface area contributed by atoms with Crippen molar-refractivity contribution >= 4 is 17.0 Å². The number of ether oxygens (including phenoxy) is 1. The molecule has 4 N–H and O–H groups in total. The van der Waals surface area contributed by atoms with E-state index in [4.69, 9.17) is 0 Å². The Hall–Kier alpha value is -1.88. The van der Waals surface area contributed by atoms with Crippen molar-refractivity contribution in [2.24, 2.45) is 0 Å². The van der Waals surface area contributed by atoms with Crippen LogP contribution < -0.4 is 5.73 Å². The van der Waals surface area contributed by atoms with Gasteiger partial charge >= 0.3 is 5.97 Å². The summed E-state index contributed by atoms with van der Waals surface area (Å²) < 4.78 is 4.20. The number of rotatable bonds is 1. The average Bonchev–Trinajstić information content (AvgIpc) is 2.72. The van der Waals surface area contributed by atoms with Crippen molar-refractivity contribution in [1.82, 2.24) is 9.97 Å². The Morgan fingerprint density at radius 1 is 1.62 bits per heavy atom. The first-order valence-corrected chi connectivity index (χ1v) is 4.93. The fourth-order valence-electron chi connectivity index (χ4n) is 1.19. The van der Waals surface area contributed by atoms with Gasteiger partial charge in [-0.1, -0.05) is 0 Å². The molecule has 5 heteroatoms. The zero-order chi connectivity index (χ0) is 12.0. The summed E-state index contributed by atoms with van der Waals surface area (Å²) in [5.41, 5.74) is 5.51. The maximum atomic E-state index is 9.90. The number of quaternary nitrogens is 1. The van der Waals surface area contributed by atoms with Crippen molar-refractivity contribution in [1.29, 1.82) is 0 Å². The van der Waals surface area contributed by atoms with Crippen LogP contribution in [0.4, 0.5) is 0 Å². The number of aromatic amines is 1. The molecule has 0 atom stereocenters. The van der Waals surface area contributed by atoms with Gasteiger partial charge in [0.05, 0.1) is 7.11 Å². The number of aromatic nitrogens is 2. The molecule has 16 heavy (non-hydrogen) atoms. The van der Waals surface area contributed by atoms with Gasteiger partial charge in [-0.25, -0.2) is 9.78 Å². The third-order valence-corrected chi connectivity index (χ3v) is 2.09. The fraction of sp³-hybridized carbons (Fsp3) is 0.273. The number of esters is 1. The van der Waals surface area contributed by atoms with Crippen molar-refractivity contribution < 1.29 is 15.3 Å². The van der Waals surface area contributed by atoms with Crippen LogP contribution in [0.3, 0.4) is 0 Å². The second kappa shape index (κ2) is 5.87. The maximum absolute atomic E-state index is 9.90. The minimum atomic E-state index is -0.269. The van der Waals surface area contributed by atoms with Crippen LogP contribution in [0.15, 0.2) is 24.5 Å². The summed E-state index contributed by atoms with van der Waals surface area (Å²) in [6.45, 7) is 2.29. The van der Waals surface area contributed by atoms with Crippen LogP contribution in [0.25, 0.3) is 11.0 Å². The number of methoxy groups -OCH3 is 1. The van der Waals surface area contributed by atoms with Crippen molar-refractivity contribution in [3.8, 4) is 0 Å². The molecule has 2 aromatic heterocycles. The molecule has 0 spiro atoms. The van der Waals surface area contributed by atoms with Crippen LogP contribution in [-0.4, -0.2) is 29.6 Å². The molecular weight excluding hydrogens is 206 g/mol. The average molecular weight is 222 g/mol. The molecule has 0 fully saturated rings. The molecule has 0 aliphatic heterocycles. The molecule has 2 rings (SSSR count). The lowest BCUT2D eigenvalue weighted by Gasteiger charge is -1.86. The Kier molecular flexibility index (Phi) is 4.47. The van der Waals surface area contributed by atoms with Gasteiger partial charge in [-0.2, -0.15) is 0 Å². The van der Waals surface area contributed by atoms with Gasteiger partial charge in [0.2, 0.25) is 0 Å². The van der Waals surface area contributed by atoms with E-state index in [1.807, 2.05) is 12.3 Å². The largest absolute Gasteiger partial charge is 0.465 e. The van der Waals surface area contributed by atoms with Gasteiger partial charge in [0.15, 0.2) is 6.54 Å². The SMILES string of the molecule is COC(=O)C[NH3+].Cc1c[nH]c2ncccc12. The van der Waals surface area contributed by atoms with Gasteiger partial charge < -0.3 is 15.5 Å². The van der Waals surface area contributed by atoms with Gasteiger partial charge in [-0.15, -0.1) is 0 Å². The summed E-state index contributed by atoms with van der Waals surface area (Å²) in [4.78, 5) is 17.1. The molecule has 0 unspecified atom stereocenters. The van der Waals surface area contributed by atoms with Gasteiger partial charge in [0.25, 0.3) is 0 Å². The minimum absolute atomic E-state index is 0.219. The molecule has 0 aliphatic carbocycles. The Morgan fingerprint density at radius 2 is 2.38 bits per heavy atom. The Labute approximate surface area is 93.6 Å². The number of nitrogens with one attached hydrogen (secondary N) is 1. The molecule has 0 saturated carbocycles. The smallest absolute Gasteiger partial charge is 0.361 e. The summed E-state index contributed by atoms with van der Waals surface area (Å²) in [5, 5.41) is 1.21. The normalized spacial score (nSPS) is 9.44. The van der Waals surface area contributed by atoms with Gasteiger partial charge in [-0.05, 0) is 24.6 Å². The van der Waals surface area contributed by atoms with Crippen molar-refractivity contribution in [2.75, 3.05) is 13.7 Å². The molecule has 0 aliphatic rings. The molecule has 0 amide bonds. The summed E-state index contributed by atoms with van der Waals surface area (Å²) in [6, 6.07) is 4.01. The van der Waals surface area contributed by atoms with Crippen LogP contribution in [0, 0.1) is 6.92 Å². The zero-order valence-electron chi connectivity index (χ0n) is 9.49. The number of fused-ring (bicyclic) bond motifs is 1. The Morgan fingerprint density at radius 3 is 2.88 bits per heavy atom. The van der Waals surface area contributed by atoms with E-state index in [0.717, 1.165) is 5.65 Å². The first-order chi connectivity index (χ1) is 7.69. The fourth-order valence-corrected chi connectivity index (χ4v) is 1.19. The lowest BCUT2D eigenvalue weighted by molar-refractivity contribution is -0.359. The van der Waals surface area contributed by atoms with E-state index in [1.165, 1.54) is 18.1 Å². The first-order valence-electron chi connectivity index (χ1n) is 4.93. The minimum Gasteiger partial charge on any atom is -0.465 e. The molecule has 0 radical (unpaired) electrons. The number of carbonyl (C=O) groups is 1. The molecule has 0 aromatic carbocycles. The zero-order valence-corrected chi connectivity index (χ0v) is 9.49. The van der Waals surface area contributed by atoms with Crippen LogP contribution >= 0.6 is 0 Å². The van der Waals surface area contributed by atoms with Crippen molar-refractivity contribution in [2.45, 2.75) is 6.92 Å². The second-order valence-corrected chi connectivity index (χ2v) is 3.20. The summed E-state index contributed by atoms with van der Waals surface area (Å²) >= 11 is 0. The van der Waals surface area contributed by atoms with E-state index in [1.54, 1.807) is 6.20 Å². The number of aryl methyl sites for hydroxylation is 1. The highest BCUT2D eigenvalue weighted by Gasteiger charge is 1.95. The molecular formula is C11H16N3O2+. The highest BCUT2D eigenvalue weighted by molar-refractivity contribution is 5.78. The molecule has 2 heterocycles. The first kappa shape index (κ1) is 12.2. The number of nitrogens with zero attached hydrogens (tertiary/aromatic N) is 1. The second-order valence-electron chi connectivity index (χ2n) is 3.20. The summed E-state index contributed by atoms with van der Waals surface area (Å²) in [7, 11) is 1.34. The number of pyridine rings is 1. The van der Waals surface area contributed by atoms with Crippen LogP contribution in [0.2, 0.25) is 0 Å². The monoisotopic (exact) mass is 222 g/mol. The van der Waals surface area contributed by atoms with Crippen LogP contribution in [0.1, 0.15) is 5.56 Å². The third-order valence-electron chi connectivity index (χ3n) is 2.09. The number of hydrogen-bond acceptors (Lipinski definition) is 3. The quantitative estimate of drug-likeness (QED) is 0.679. The predicted molar refractivity (Wildman–Crippen MR) is 60.6 cm³/mol. The van der Waals surface area contributed by atoms with Crippen molar-refractivity contribution in [3.63, 3.8) is 0 Å². The standard InChI is InChI=1S/C8H8N2.C3H7NO2/c1-6-5-10-8-7(6)3-2-4-9-8;1-6-3(5)2-4/h2-5H,1H3,(H,9,10);2,4H2,1H3/p+1. The van der Waals surface area contributed by atoms with E-state index in [0.29, 0.717) is 0 Å². The highest BCUT2D eigenvalue weighted by Crippen LogP contribution is 2.12. The lowest BCUT2D eigenvalue weighted by Crippen LogP contribution is -2.54. The van der Waals surface area contributed by atoms with E-state index in [-0.39, 0.29) is 12.5 Å². The van der Waals surface area contributed by atoms with E-state index in [9.17, 15) is 4.79 Å². The van der Waals surface area contributed by atoms with Gasteiger partial charge in [0.1, 0.15) is 5.65 Å². The maximum Gasteiger partial charge on any atom is 0.361 e. The Balaban J connectivity index is 0.000000187. The Bertz CT molecular complexity index is 459. The topological polar surface area (TPSA) is 82.6 Å². The van der Waals surface area contributed by atoms with E-state index >= 15 is 0 Å². The van der Waals surface area contributed by atoms with Crippen molar-refractivity contribution in [3.05, 3.63) is 30.1 Å². The van der Waals surface area contributed by atoms with E-state index in [2.05, 4.69) is 33.4 Å². The number of carbonyl (C=O) groups excluding carboxylic acids is 1. The predicted octanol–water partition coefficient (Wildman–Crippen LogP) is 0.273. The summed E-state index contributed by atoms with van der Waals surface area (Å²) in [6.07, 6.45) is 3.76. The molecule has 0 bridgehead atoms. The van der Waals surface area contributed by atoms with Gasteiger partial charge in [0, 0.05) is 17.8 Å². The summed E-state index contributed by atoms with van der Waals surface area (Å²) in [5.74, 6) is -0.269. The molecule has 5 nitrogen and oxygen atoms in total. The molecule has 86 valence electrons. The number of H-pyrrole nitrogens is 1. The van der Waals surface area contributed by atoms with Crippen LogP contribution in [-0.2, 0) is 9.53 Å². The lowest BCUT2D eigenvalue weighted by atomic mass is 10.2. The highest BCUT2D eigenvalue weighted by atomic mass is 16.5. The number of hydrogen-bond donors (Lipinski definition) is 2. The third kappa shape index (κ3) is 3.06. The molecule has 0 saturated heterocycles. The molecule has 2 aromatic rings. The van der Waals surface area contributed by atoms with E-state index < -0.39 is 0 Å². The van der Waals surface area contributed by atoms with Crippen LogP contribution in [0.5, 0.6) is 0 Å². The van der Waals surface area contributed by atoms with Gasteiger partial charge in [-0.3, -0.25) is 0 Å².